The molecule has 4 rings (SSSR count). The first-order valence-electron chi connectivity index (χ1n) is 7.41. The van der Waals surface area contributed by atoms with Crippen molar-refractivity contribution in [1.29, 1.82) is 0 Å². The fourth-order valence-electron chi connectivity index (χ4n) is 3.36. The third-order valence-electron chi connectivity index (χ3n) is 4.47. The summed E-state index contributed by atoms with van der Waals surface area (Å²) < 4.78 is 1.21. The summed E-state index contributed by atoms with van der Waals surface area (Å²) >= 11 is 2.30. The van der Waals surface area contributed by atoms with Crippen molar-refractivity contribution in [2.75, 3.05) is 0 Å². The fraction of sp³-hybridized carbons (Fsp3) is 0.235. The SMILES string of the molecule is C[C@@H]1N=C(c2ccc(I)cc2)[C@H]2[C@@H](c3ccc([N+](=O)[O-])cc3)N12. The van der Waals surface area contributed by atoms with Gasteiger partial charge in [0.05, 0.1) is 22.7 Å². The number of nitrogens with zero attached hydrogens (tertiary/aromatic N) is 3. The lowest BCUT2D eigenvalue weighted by Crippen LogP contribution is -2.09. The first-order chi connectivity index (χ1) is 11.1. The number of halogens is 1. The second-order valence-corrected chi connectivity index (χ2v) is 7.08. The van der Waals surface area contributed by atoms with Crippen LogP contribution >= 0.6 is 22.6 Å². The summed E-state index contributed by atoms with van der Waals surface area (Å²) in [5.41, 5.74) is 3.53. The molecule has 2 aliphatic heterocycles. The Morgan fingerprint density at radius 3 is 2.35 bits per heavy atom. The van der Waals surface area contributed by atoms with Crippen LogP contribution in [0.2, 0.25) is 0 Å². The minimum Gasteiger partial charge on any atom is -0.269 e. The summed E-state index contributed by atoms with van der Waals surface area (Å²) in [6, 6.07) is 15.9. The topological polar surface area (TPSA) is 58.5 Å². The molecular weight excluding hydrogens is 405 g/mol. The van der Waals surface area contributed by atoms with Crippen molar-refractivity contribution in [1.82, 2.24) is 4.90 Å². The molecule has 0 saturated carbocycles. The van der Waals surface area contributed by atoms with E-state index < -0.39 is 0 Å². The van der Waals surface area contributed by atoms with Crippen molar-refractivity contribution < 1.29 is 4.92 Å². The lowest BCUT2D eigenvalue weighted by Gasteiger charge is -2.09. The van der Waals surface area contributed by atoms with Gasteiger partial charge >= 0.3 is 0 Å². The monoisotopic (exact) mass is 419 g/mol. The van der Waals surface area contributed by atoms with Crippen molar-refractivity contribution in [3.8, 4) is 0 Å². The number of non-ortho nitro benzene ring substituents is 1. The van der Waals surface area contributed by atoms with E-state index in [-0.39, 0.29) is 28.9 Å². The second-order valence-electron chi connectivity index (χ2n) is 5.84. The first kappa shape index (κ1) is 14.8. The van der Waals surface area contributed by atoms with Gasteiger partial charge in [0.25, 0.3) is 5.69 Å². The van der Waals surface area contributed by atoms with E-state index in [4.69, 9.17) is 4.99 Å². The van der Waals surface area contributed by atoms with Gasteiger partial charge < -0.3 is 0 Å². The molecule has 0 N–H and O–H groups in total. The number of nitro groups is 1. The van der Waals surface area contributed by atoms with Crippen LogP contribution in [0.5, 0.6) is 0 Å². The molecule has 5 nitrogen and oxygen atoms in total. The van der Waals surface area contributed by atoms with Gasteiger partial charge in [-0.05, 0) is 52.8 Å². The predicted molar refractivity (Wildman–Crippen MR) is 96.6 cm³/mol. The fourth-order valence-corrected chi connectivity index (χ4v) is 3.72. The summed E-state index contributed by atoms with van der Waals surface area (Å²) in [7, 11) is 0. The van der Waals surface area contributed by atoms with Crippen LogP contribution in [0.3, 0.4) is 0 Å². The zero-order valence-corrected chi connectivity index (χ0v) is 14.5. The van der Waals surface area contributed by atoms with Gasteiger partial charge in [-0.1, -0.05) is 24.3 Å². The van der Waals surface area contributed by atoms with Gasteiger partial charge in [-0.15, -0.1) is 0 Å². The molecule has 2 aliphatic rings. The van der Waals surface area contributed by atoms with Crippen LogP contribution in [0.15, 0.2) is 53.5 Å². The zero-order chi connectivity index (χ0) is 16.1. The molecule has 0 radical (unpaired) electrons. The smallest absolute Gasteiger partial charge is 0.269 e. The lowest BCUT2D eigenvalue weighted by atomic mass is 10.0. The number of hydrogen-bond donors (Lipinski definition) is 0. The van der Waals surface area contributed by atoms with Crippen molar-refractivity contribution in [2.24, 2.45) is 4.99 Å². The molecule has 4 atom stereocenters. The summed E-state index contributed by atoms with van der Waals surface area (Å²) in [6.07, 6.45) is 0.148. The number of hydrogen-bond acceptors (Lipinski definition) is 4. The highest BCUT2D eigenvalue weighted by atomic mass is 127. The number of nitro benzene ring substituents is 1. The molecule has 0 aromatic heterocycles. The Kier molecular flexibility index (Phi) is 3.46. The maximum atomic E-state index is 10.8. The molecule has 1 fully saturated rings. The average Bonchev–Trinajstić information content (AvgIpc) is 3.20. The molecule has 0 aliphatic carbocycles. The molecule has 2 aromatic carbocycles. The van der Waals surface area contributed by atoms with E-state index in [9.17, 15) is 10.1 Å². The minimum atomic E-state index is -0.362. The van der Waals surface area contributed by atoms with Crippen molar-refractivity contribution in [3.63, 3.8) is 0 Å². The minimum absolute atomic E-state index is 0.133. The first-order valence-corrected chi connectivity index (χ1v) is 8.49. The van der Waals surface area contributed by atoms with E-state index in [0.717, 1.165) is 16.8 Å². The molecule has 0 spiro atoms. The predicted octanol–water partition coefficient (Wildman–Crippen LogP) is 3.77. The molecule has 6 heteroatoms. The second kappa shape index (κ2) is 5.38. The summed E-state index contributed by atoms with van der Waals surface area (Å²) in [5, 5.41) is 10.8. The van der Waals surface area contributed by atoms with Crippen LogP contribution in [0.25, 0.3) is 0 Å². The molecular formula is C17H14IN3O2. The Morgan fingerprint density at radius 2 is 1.74 bits per heavy atom. The van der Waals surface area contributed by atoms with Gasteiger partial charge in [0.15, 0.2) is 0 Å². The highest BCUT2D eigenvalue weighted by molar-refractivity contribution is 14.1. The van der Waals surface area contributed by atoms with E-state index >= 15 is 0 Å². The number of benzene rings is 2. The Morgan fingerprint density at radius 1 is 1.09 bits per heavy atom. The quantitative estimate of drug-likeness (QED) is 0.330. The van der Waals surface area contributed by atoms with Crippen molar-refractivity contribution in [3.05, 3.63) is 73.3 Å². The zero-order valence-electron chi connectivity index (χ0n) is 12.4. The van der Waals surface area contributed by atoms with Gasteiger partial charge in [-0.25, -0.2) is 0 Å². The van der Waals surface area contributed by atoms with Gasteiger partial charge in [-0.3, -0.25) is 20.0 Å². The van der Waals surface area contributed by atoms with E-state index in [0.29, 0.717) is 0 Å². The van der Waals surface area contributed by atoms with Crippen LogP contribution in [0.4, 0.5) is 5.69 Å². The maximum Gasteiger partial charge on any atom is 0.269 e. The summed E-state index contributed by atoms with van der Waals surface area (Å²) in [4.78, 5) is 17.5. The molecule has 1 unspecified atom stereocenters. The maximum absolute atomic E-state index is 10.8. The highest BCUT2D eigenvalue weighted by Gasteiger charge is 2.57. The van der Waals surface area contributed by atoms with Crippen LogP contribution in [0.1, 0.15) is 24.1 Å². The van der Waals surface area contributed by atoms with Gasteiger partial charge in [-0.2, -0.15) is 0 Å². The highest BCUT2D eigenvalue weighted by Crippen LogP contribution is 2.50. The van der Waals surface area contributed by atoms with E-state index in [2.05, 4.69) is 58.7 Å². The lowest BCUT2D eigenvalue weighted by molar-refractivity contribution is -0.384. The van der Waals surface area contributed by atoms with Gasteiger partial charge in [0, 0.05) is 15.7 Å². The Balaban J connectivity index is 1.61. The summed E-state index contributed by atoms with van der Waals surface area (Å²) in [6.45, 7) is 2.10. The number of fused-ring (bicyclic) bond motifs is 1. The number of aliphatic imine (C=N–C) groups is 1. The Bertz CT molecular complexity index is 802. The summed E-state index contributed by atoms with van der Waals surface area (Å²) in [5.74, 6) is 0. The van der Waals surface area contributed by atoms with Crippen molar-refractivity contribution in [2.45, 2.75) is 25.2 Å². The normalized spacial score (nSPS) is 28.2. The third kappa shape index (κ3) is 2.46. The van der Waals surface area contributed by atoms with E-state index in [1.807, 2.05) is 12.1 Å². The number of rotatable bonds is 3. The van der Waals surface area contributed by atoms with Crippen LogP contribution in [0, 0.1) is 13.7 Å². The van der Waals surface area contributed by atoms with Crippen LogP contribution in [-0.2, 0) is 0 Å². The Labute approximate surface area is 147 Å². The molecule has 2 aromatic rings. The van der Waals surface area contributed by atoms with Gasteiger partial charge in [0.2, 0.25) is 0 Å². The molecule has 23 heavy (non-hydrogen) atoms. The largest absolute Gasteiger partial charge is 0.269 e. The van der Waals surface area contributed by atoms with Crippen LogP contribution in [-0.4, -0.2) is 27.7 Å². The standard InChI is InChI=1S/C17H14IN3O2/c1-10-19-15(11-2-6-13(18)7-3-11)17-16(20(10)17)12-4-8-14(9-5-12)21(22)23/h2-10,16-17H,1H3/t10-,16-,17+,20?/m1/s1. The Hall–Kier alpha value is -1.80. The molecule has 116 valence electrons. The van der Waals surface area contributed by atoms with Crippen molar-refractivity contribution >= 4 is 34.0 Å². The molecule has 2 heterocycles. The third-order valence-corrected chi connectivity index (χ3v) is 5.19. The van der Waals surface area contributed by atoms with Crippen LogP contribution < -0.4 is 0 Å². The molecule has 0 amide bonds. The molecule has 1 saturated heterocycles. The average molecular weight is 419 g/mol. The van der Waals surface area contributed by atoms with Gasteiger partial charge in [0.1, 0.15) is 6.17 Å². The van der Waals surface area contributed by atoms with E-state index in [1.54, 1.807) is 12.1 Å². The van der Waals surface area contributed by atoms with E-state index in [1.165, 1.54) is 3.57 Å². The molecule has 0 bridgehead atoms.